The van der Waals surface area contributed by atoms with Crippen molar-refractivity contribution in [1.29, 1.82) is 0 Å². The molecule has 0 amide bonds. The molecule has 1 aromatic carbocycles. The van der Waals surface area contributed by atoms with Gasteiger partial charge in [-0.05, 0) is 25.1 Å². The topological polar surface area (TPSA) is 44.1 Å². The lowest BCUT2D eigenvalue weighted by Gasteiger charge is -2.09. The lowest BCUT2D eigenvalue weighted by Crippen LogP contribution is -2.08. The Bertz CT molecular complexity index is 593. The minimum atomic E-state index is -0.443. The predicted octanol–water partition coefficient (Wildman–Crippen LogP) is 2.38. The van der Waals surface area contributed by atoms with Crippen molar-refractivity contribution in [1.82, 2.24) is 9.55 Å². The molecule has 1 aromatic heterocycles. The molecule has 2 rings (SSSR count). The number of rotatable bonds is 5. The van der Waals surface area contributed by atoms with Crippen LogP contribution in [0.5, 0.6) is 5.75 Å². The van der Waals surface area contributed by atoms with E-state index in [1.165, 1.54) is 25.1 Å². The molecule has 0 bridgehead atoms. The van der Waals surface area contributed by atoms with Gasteiger partial charge in [0.1, 0.15) is 17.4 Å². The number of carbonyl (C=O) groups is 1. The largest absolute Gasteiger partial charge is 0.492 e. The van der Waals surface area contributed by atoms with E-state index in [0.29, 0.717) is 18.8 Å². The number of halogens is 1. The van der Waals surface area contributed by atoms with E-state index in [4.69, 9.17) is 4.74 Å². The van der Waals surface area contributed by atoms with E-state index in [2.05, 4.69) is 4.98 Å². The van der Waals surface area contributed by atoms with E-state index in [-0.39, 0.29) is 11.3 Å². The SMILES string of the molecule is CC(=O)c1cc(F)ccc1OCCc1nccn1C. The fourth-order valence-electron chi connectivity index (χ4n) is 1.79. The van der Waals surface area contributed by atoms with Gasteiger partial charge in [-0.2, -0.15) is 0 Å². The van der Waals surface area contributed by atoms with E-state index < -0.39 is 5.82 Å². The Morgan fingerprint density at radius 2 is 2.26 bits per heavy atom. The van der Waals surface area contributed by atoms with Crippen molar-refractivity contribution in [3.63, 3.8) is 0 Å². The van der Waals surface area contributed by atoms with Crippen molar-refractivity contribution >= 4 is 5.78 Å². The Balaban J connectivity index is 2.03. The number of aromatic nitrogens is 2. The van der Waals surface area contributed by atoms with Crippen LogP contribution in [0, 0.1) is 5.82 Å². The van der Waals surface area contributed by atoms with E-state index in [1.807, 2.05) is 17.8 Å². The Labute approximate surface area is 110 Å². The maximum Gasteiger partial charge on any atom is 0.163 e. The van der Waals surface area contributed by atoms with Crippen LogP contribution in [-0.2, 0) is 13.5 Å². The van der Waals surface area contributed by atoms with Gasteiger partial charge in [0, 0.05) is 25.9 Å². The zero-order valence-electron chi connectivity index (χ0n) is 10.9. The van der Waals surface area contributed by atoms with Gasteiger partial charge < -0.3 is 9.30 Å². The van der Waals surface area contributed by atoms with Crippen LogP contribution in [-0.4, -0.2) is 21.9 Å². The summed E-state index contributed by atoms with van der Waals surface area (Å²) in [5.41, 5.74) is 0.264. The molecule has 0 aliphatic heterocycles. The molecule has 0 aliphatic rings. The molecule has 0 unspecified atom stereocenters. The highest BCUT2D eigenvalue weighted by atomic mass is 19.1. The molecule has 19 heavy (non-hydrogen) atoms. The zero-order chi connectivity index (χ0) is 13.8. The van der Waals surface area contributed by atoms with Gasteiger partial charge in [0.25, 0.3) is 0 Å². The number of imidazole rings is 1. The molecule has 0 radical (unpaired) electrons. The van der Waals surface area contributed by atoms with Crippen LogP contribution in [0.25, 0.3) is 0 Å². The number of ether oxygens (including phenoxy) is 1. The first-order valence-corrected chi connectivity index (χ1v) is 5.97. The van der Waals surface area contributed by atoms with Gasteiger partial charge >= 0.3 is 0 Å². The Morgan fingerprint density at radius 3 is 2.89 bits per heavy atom. The molecule has 0 saturated heterocycles. The summed E-state index contributed by atoms with van der Waals surface area (Å²) in [4.78, 5) is 15.6. The minimum absolute atomic E-state index is 0.216. The summed E-state index contributed by atoms with van der Waals surface area (Å²) in [6.07, 6.45) is 4.20. The summed E-state index contributed by atoms with van der Waals surface area (Å²) in [6, 6.07) is 3.95. The number of hydrogen-bond acceptors (Lipinski definition) is 3. The zero-order valence-corrected chi connectivity index (χ0v) is 10.9. The smallest absolute Gasteiger partial charge is 0.163 e. The Hall–Kier alpha value is -2.17. The summed E-state index contributed by atoms with van der Waals surface area (Å²) < 4.78 is 20.5. The first-order chi connectivity index (χ1) is 9.08. The lowest BCUT2D eigenvalue weighted by atomic mass is 10.1. The van der Waals surface area contributed by atoms with Gasteiger partial charge in [-0.15, -0.1) is 0 Å². The first kappa shape index (κ1) is 13.3. The molecular weight excluding hydrogens is 247 g/mol. The third-order valence-electron chi connectivity index (χ3n) is 2.83. The van der Waals surface area contributed by atoms with Crippen LogP contribution in [0.15, 0.2) is 30.6 Å². The molecule has 100 valence electrons. The quantitative estimate of drug-likeness (QED) is 0.777. The van der Waals surface area contributed by atoms with E-state index >= 15 is 0 Å². The fraction of sp³-hybridized carbons (Fsp3) is 0.286. The van der Waals surface area contributed by atoms with Crippen LogP contribution < -0.4 is 4.74 Å². The second kappa shape index (κ2) is 5.65. The van der Waals surface area contributed by atoms with Gasteiger partial charge in [-0.1, -0.05) is 0 Å². The average Bonchev–Trinajstić information content (AvgIpc) is 2.77. The van der Waals surface area contributed by atoms with Crippen molar-refractivity contribution < 1.29 is 13.9 Å². The van der Waals surface area contributed by atoms with Crippen molar-refractivity contribution in [2.24, 2.45) is 7.05 Å². The van der Waals surface area contributed by atoms with Gasteiger partial charge in [-0.25, -0.2) is 9.37 Å². The van der Waals surface area contributed by atoms with Crippen molar-refractivity contribution in [3.8, 4) is 5.75 Å². The molecule has 5 heteroatoms. The number of carbonyl (C=O) groups excluding carboxylic acids is 1. The standard InChI is InChI=1S/C14H15FN2O2/c1-10(18)12-9-11(15)3-4-13(12)19-8-5-14-16-6-7-17(14)2/h3-4,6-7,9H,5,8H2,1-2H3. The van der Waals surface area contributed by atoms with Gasteiger partial charge in [0.05, 0.1) is 12.2 Å². The Kier molecular flexibility index (Phi) is 3.94. The van der Waals surface area contributed by atoms with E-state index in [1.54, 1.807) is 6.20 Å². The van der Waals surface area contributed by atoms with Gasteiger partial charge in [-0.3, -0.25) is 4.79 Å². The number of hydrogen-bond donors (Lipinski definition) is 0. The van der Waals surface area contributed by atoms with Crippen molar-refractivity contribution in [2.75, 3.05) is 6.61 Å². The van der Waals surface area contributed by atoms with Gasteiger partial charge in [0.2, 0.25) is 0 Å². The third-order valence-corrected chi connectivity index (χ3v) is 2.83. The molecule has 0 saturated carbocycles. The summed E-state index contributed by atoms with van der Waals surface area (Å²) in [5, 5.41) is 0. The summed E-state index contributed by atoms with van der Waals surface area (Å²) in [7, 11) is 1.90. The highest BCUT2D eigenvalue weighted by Crippen LogP contribution is 2.20. The second-order valence-electron chi connectivity index (χ2n) is 4.25. The monoisotopic (exact) mass is 262 g/mol. The highest BCUT2D eigenvalue weighted by Gasteiger charge is 2.10. The maximum atomic E-state index is 13.1. The lowest BCUT2D eigenvalue weighted by molar-refractivity contribution is 0.101. The average molecular weight is 262 g/mol. The van der Waals surface area contributed by atoms with E-state index in [9.17, 15) is 9.18 Å². The summed E-state index contributed by atoms with van der Waals surface area (Å²) >= 11 is 0. The van der Waals surface area contributed by atoms with Crippen LogP contribution in [0.3, 0.4) is 0 Å². The third kappa shape index (κ3) is 3.19. The van der Waals surface area contributed by atoms with E-state index in [0.717, 1.165) is 5.82 Å². The van der Waals surface area contributed by atoms with Crippen molar-refractivity contribution in [3.05, 3.63) is 47.8 Å². The van der Waals surface area contributed by atoms with Gasteiger partial charge in [0.15, 0.2) is 5.78 Å². The van der Waals surface area contributed by atoms with Crippen LogP contribution in [0.1, 0.15) is 23.1 Å². The number of nitrogens with zero attached hydrogens (tertiary/aromatic N) is 2. The second-order valence-corrected chi connectivity index (χ2v) is 4.25. The highest BCUT2D eigenvalue weighted by molar-refractivity contribution is 5.96. The number of ketones is 1. The maximum absolute atomic E-state index is 13.1. The van der Waals surface area contributed by atoms with Crippen molar-refractivity contribution in [2.45, 2.75) is 13.3 Å². The molecule has 0 spiro atoms. The number of benzene rings is 1. The van der Waals surface area contributed by atoms with Crippen LogP contribution in [0.4, 0.5) is 4.39 Å². The molecule has 1 heterocycles. The van der Waals surface area contributed by atoms with Crippen LogP contribution >= 0.6 is 0 Å². The van der Waals surface area contributed by atoms with Crippen LogP contribution in [0.2, 0.25) is 0 Å². The molecular formula is C14H15FN2O2. The molecule has 0 N–H and O–H groups in total. The molecule has 2 aromatic rings. The predicted molar refractivity (Wildman–Crippen MR) is 68.8 cm³/mol. The number of Topliss-reactive ketones (excluding diaryl/α,β-unsaturated/α-hetero) is 1. The molecule has 0 aliphatic carbocycles. The fourth-order valence-corrected chi connectivity index (χ4v) is 1.79. The molecule has 4 nitrogen and oxygen atoms in total. The minimum Gasteiger partial charge on any atom is -0.492 e. The molecule has 0 fully saturated rings. The normalized spacial score (nSPS) is 10.5. The summed E-state index contributed by atoms with van der Waals surface area (Å²) in [6.45, 7) is 1.77. The summed E-state index contributed by atoms with van der Waals surface area (Å²) in [5.74, 6) is 0.641. The first-order valence-electron chi connectivity index (χ1n) is 5.97. The molecule has 0 atom stereocenters. The number of aryl methyl sites for hydroxylation is 1. The Morgan fingerprint density at radius 1 is 1.47 bits per heavy atom.